The van der Waals surface area contributed by atoms with Gasteiger partial charge in [0.25, 0.3) is 0 Å². The molecule has 3 N–H and O–H groups in total. The smallest absolute Gasteiger partial charge is 0.227 e. The zero-order valence-corrected chi connectivity index (χ0v) is 12.9. The van der Waals surface area contributed by atoms with Crippen molar-refractivity contribution in [2.75, 3.05) is 13.1 Å². The third kappa shape index (κ3) is 2.18. The number of amides is 1. The summed E-state index contributed by atoms with van der Waals surface area (Å²) in [4.78, 5) is 12.3. The summed E-state index contributed by atoms with van der Waals surface area (Å²) in [6.07, 6.45) is 1.62. The van der Waals surface area contributed by atoms with Gasteiger partial charge in [-0.25, -0.2) is 0 Å². The van der Waals surface area contributed by atoms with Crippen LogP contribution in [0.15, 0.2) is 0 Å². The molecule has 0 saturated heterocycles. The van der Waals surface area contributed by atoms with Crippen molar-refractivity contribution in [1.82, 2.24) is 5.32 Å². The molecule has 0 unspecified atom stereocenters. The molecule has 1 aliphatic rings. The van der Waals surface area contributed by atoms with E-state index >= 15 is 0 Å². The minimum absolute atomic E-state index is 0.133. The SMILES string of the molecule is CCC(CC)(CN)C(=O)NCC1C(C)(C)C1(C)C. The molecule has 0 heterocycles. The number of rotatable bonds is 6. The molecule has 1 rings (SSSR count). The summed E-state index contributed by atoms with van der Waals surface area (Å²) in [5.74, 6) is 0.701. The lowest BCUT2D eigenvalue weighted by molar-refractivity contribution is -0.131. The summed E-state index contributed by atoms with van der Waals surface area (Å²) in [5.41, 5.74) is 6.07. The Morgan fingerprint density at radius 1 is 1.17 bits per heavy atom. The topological polar surface area (TPSA) is 55.1 Å². The number of carbonyl (C=O) groups excluding carboxylic acids is 1. The van der Waals surface area contributed by atoms with Gasteiger partial charge < -0.3 is 11.1 Å². The highest BCUT2D eigenvalue weighted by atomic mass is 16.2. The summed E-state index contributed by atoms with van der Waals surface area (Å²) < 4.78 is 0. The van der Waals surface area contributed by atoms with Crippen molar-refractivity contribution in [2.45, 2.75) is 54.4 Å². The molecule has 1 fully saturated rings. The second kappa shape index (κ2) is 4.84. The first-order valence-electron chi connectivity index (χ1n) is 7.18. The highest BCUT2D eigenvalue weighted by Gasteiger charge is 2.64. The average molecular weight is 254 g/mol. The number of hydrogen-bond donors (Lipinski definition) is 2. The molecule has 0 bridgehead atoms. The first-order valence-corrected chi connectivity index (χ1v) is 7.18. The lowest BCUT2D eigenvalue weighted by Crippen LogP contribution is -2.46. The Balaban J connectivity index is 2.58. The minimum Gasteiger partial charge on any atom is -0.355 e. The van der Waals surface area contributed by atoms with Crippen LogP contribution in [0.4, 0.5) is 0 Å². The lowest BCUT2D eigenvalue weighted by Gasteiger charge is -2.28. The van der Waals surface area contributed by atoms with Crippen molar-refractivity contribution in [3.05, 3.63) is 0 Å². The van der Waals surface area contributed by atoms with E-state index in [0.717, 1.165) is 19.4 Å². The lowest BCUT2D eigenvalue weighted by atomic mass is 9.81. The van der Waals surface area contributed by atoms with E-state index in [9.17, 15) is 4.79 Å². The monoisotopic (exact) mass is 254 g/mol. The predicted molar refractivity (Wildman–Crippen MR) is 76.1 cm³/mol. The molecule has 106 valence electrons. The number of carbonyl (C=O) groups is 1. The van der Waals surface area contributed by atoms with Gasteiger partial charge in [0, 0.05) is 13.1 Å². The zero-order chi connectivity index (χ0) is 14.2. The number of nitrogens with two attached hydrogens (primary N) is 1. The van der Waals surface area contributed by atoms with Gasteiger partial charge in [-0.2, -0.15) is 0 Å². The second-order valence-corrected chi connectivity index (χ2v) is 6.90. The van der Waals surface area contributed by atoms with Crippen LogP contribution >= 0.6 is 0 Å². The predicted octanol–water partition coefficient (Wildman–Crippen LogP) is 2.55. The standard InChI is InChI=1S/C15H30N2O/c1-7-15(8-2,10-16)12(18)17-9-11-13(3,4)14(11,5)6/h11H,7-10,16H2,1-6H3,(H,17,18). The molecular formula is C15H30N2O. The molecule has 1 aliphatic carbocycles. The maximum absolute atomic E-state index is 12.3. The Kier molecular flexibility index (Phi) is 4.16. The molecule has 1 amide bonds. The van der Waals surface area contributed by atoms with Gasteiger partial charge in [-0.15, -0.1) is 0 Å². The van der Waals surface area contributed by atoms with Crippen LogP contribution in [-0.4, -0.2) is 19.0 Å². The third-order valence-electron chi connectivity index (χ3n) is 6.01. The molecule has 3 heteroatoms. The molecule has 18 heavy (non-hydrogen) atoms. The Morgan fingerprint density at radius 2 is 1.61 bits per heavy atom. The molecule has 0 aromatic heterocycles. The van der Waals surface area contributed by atoms with E-state index in [4.69, 9.17) is 5.73 Å². The highest BCUT2D eigenvalue weighted by Crippen LogP contribution is 2.67. The van der Waals surface area contributed by atoms with Crippen LogP contribution in [-0.2, 0) is 4.79 Å². The maximum atomic E-state index is 12.3. The largest absolute Gasteiger partial charge is 0.355 e. The van der Waals surface area contributed by atoms with Crippen LogP contribution in [0.1, 0.15) is 54.4 Å². The van der Waals surface area contributed by atoms with Crippen LogP contribution < -0.4 is 11.1 Å². The normalized spacial score (nSPS) is 21.7. The van der Waals surface area contributed by atoms with E-state index in [2.05, 4.69) is 33.0 Å². The van der Waals surface area contributed by atoms with Crippen molar-refractivity contribution >= 4 is 5.91 Å². The number of hydrogen-bond acceptors (Lipinski definition) is 2. The van der Waals surface area contributed by atoms with Crippen LogP contribution in [0.5, 0.6) is 0 Å². The molecule has 0 aliphatic heterocycles. The van der Waals surface area contributed by atoms with Crippen LogP contribution in [0.3, 0.4) is 0 Å². The van der Waals surface area contributed by atoms with Gasteiger partial charge in [-0.05, 0) is 29.6 Å². The van der Waals surface area contributed by atoms with E-state index in [1.807, 2.05) is 13.8 Å². The van der Waals surface area contributed by atoms with Crippen molar-refractivity contribution in [3.8, 4) is 0 Å². The maximum Gasteiger partial charge on any atom is 0.227 e. The van der Waals surface area contributed by atoms with Crippen molar-refractivity contribution in [1.29, 1.82) is 0 Å². The van der Waals surface area contributed by atoms with Gasteiger partial charge in [0.15, 0.2) is 0 Å². The van der Waals surface area contributed by atoms with Crippen LogP contribution in [0.2, 0.25) is 0 Å². The van der Waals surface area contributed by atoms with Gasteiger partial charge in [0.2, 0.25) is 5.91 Å². The fourth-order valence-corrected chi connectivity index (χ4v) is 3.18. The van der Waals surface area contributed by atoms with Crippen molar-refractivity contribution < 1.29 is 4.79 Å². The summed E-state index contributed by atoms with van der Waals surface area (Å²) in [5, 5.41) is 3.13. The van der Waals surface area contributed by atoms with Gasteiger partial charge in [-0.3, -0.25) is 4.79 Å². The third-order valence-corrected chi connectivity index (χ3v) is 6.01. The summed E-state index contributed by atoms with van der Waals surface area (Å²) in [6, 6.07) is 0. The zero-order valence-electron chi connectivity index (χ0n) is 12.9. The molecular weight excluding hydrogens is 224 g/mol. The van der Waals surface area contributed by atoms with Crippen molar-refractivity contribution in [2.24, 2.45) is 27.9 Å². The Labute approximate surface area is 112 Å². The van der Waals surface area contributed by atoms with Crippen molar-refractivity contribution in [3.63, 3.8) is 0 Å². The van der Waals surface area contributed by atoms with Gasteiger partial charge in [-0.1, -0.05) is 41.5 Å². The fourth-order valence-electron chi connectivity index (χ4n) is 3.18. The van der Waals surface area contributed by atoms with E-state index in [0.29, 0.717) is 23.3 Å². The Hall–Kier alpha value is -0.570. The Bertz CT molecular complexity index is 294. The van der Waals surface area contributed by atoms with Crippen LogP contribution in [0, 0.1) is 22.2 Å². The minimum atomic E-state index is -0.372. The molecule has 0 atom stereocenters. The van der Waals surface area contributed by atoms with Gasteiger partial charge in [0.05, 0.1) is 5.41 Å². The summed E-state index contributed by atoms with van der Waals surface area (Å²) in [6.45, 7) is 14.4. The average Bonchev–Trinajstić information content (AvgIpc) is 2.70. The van der Waals surface area contributed by atoms with E-state index in [-0.39, 0.29) is 11.3 Å². The summed E-state index contributed by atoms with van der Waals surface area (Å²) >= 11 is 0. The van der Waals surface area contributed by atoms with Gasteiger partial charge in [0.1, 0.15) is 0 Å². The summed E-state index contributed by atoms with van der Waals surface area (Å²) in [7, 11) is 0. The fraction of sp³-hybridized carbons (Fsp3) is 0.933. The van der Waals surface area contributed by atoms with E-state index < -0.39 is 0 Å². The second-order valence-electron chi connectivity index (χ2n) is 6.90. The van der Waals surface area contributed by atoms with Gasteiger partial charge >= 0.3 is 0 Å². The molecule has 3 nitrogen and oxygen atoms in total. The molecule has 0 aromatic rings. The van der Waals surface area contributed by atoms with Crippen LogP contribution in [0.25, 0.3) is 0 Å². The molecule has 0 aromatic carbocycles. The molecule has 0 radical (unpaired) electrons. The Morgan fingerprint density at radius 3 is 1.89 bits per heavy atom. The first-order chi connectivity index (χ1) is 8.19. The first kappa shape index (κ1) is 15.5. The number of nitrogens with one attached hydrogen (secondary N) is 1. The highest BCUT2D eigenvalue weighted by molar-refractivity contribution is 5.82. The quantitative estimate of drug-likeness (QED) is 0.765. The molecule has 0 spiro atoms. The molecule has 1 saturated carbocycles. The van der Waals surface area contributed by atoms with E-state index in [1.165, 1.54) is 0 Å². The van der Waals surface area contributed by atoms with E-state index in [1.54, 1.807) is 0 Å².